The van der Waals surface area contributed by atoms with Crippen molar-refractivity contribution in [3.05, 3.63) is 53.2 Å². The molecule has 3 aromatic rings. The van der Waals surface area contributed by atoms with E-state index in [9.17, 15) is 4.79 Å². The van der Waals surface area contributed by atoms with Crippen LogP contribution in [-0.4, -0.2) is 47.2 Å². The number of hydrogen-bond donors (Lipinski definition) is 0. The number of anilines is 1. The van der Waals surface area contributed by atoms with E-state index >= 15 is 0 Å². The number of thiophene rings is 1. The molecule has 140 valence electrons. The minimum absolute atomic E-state index is 0.148. The summed E-state index contributed by atoms with van der Waals surface area (Å²) >= 11 is 1.56. The Balaban J connectivity index is 1.27. The number of amides is 1. The number of aryl methyl sites for hydroxylation is 2. The van der Waals surface area contributed by atoms with Crippen molar-refractivity contribution >= 4 is 22.9 Å². The number of piperazine rings is 1. The monoisotopic (exact) mass is 382 g/mol. The molecular weight excluding hydrogens is 360 g/mol. The molecule has 1 amide bonds. The second-order valence-corrected chi connectivity index (χ2v) is 7.63. The molecule has 1 aromatic carbocycles. The summed E-state index contributed by atoms with van der Waals surface area (Å²) in [5.74, 6) is 1.19. The summed E-state index contributed by atoms with van der Waals surface area (Å²) in [5, 5.41) is 10.1. The molecule has 0 radical (unpaired) electrons. The molecule has 4 rings (SSSR count). The average Bonchev–Trinajstić information content (AvgIpc) is 3.38. The Bertz CT molecular complexity index is 898. The molecule has 0 atom stereocenters. The van der Waals surface area contributed by atoms with E-state index in [0.717, 1.165) is 31.1 Å². The van der Waals surface area contributed by atoms with E-state index in [0.29, 0.717) is 24.6 Å². The topological polar surface area (TPSA) is 62.5 Å². The van der Waals surface area contributed by atoms with E-state index in [1.54, 1.807) is 11.3 Å². The molecule has 0 spiro atoms. The van der Waals surface area contributed by atoms with Gasteiger partial charge in [0.2, 0.25) is 11.8 Å². The van der Waals surface area contributed by atoms with Crippen LogP contribution in [0.25, 0.3) is 10.8 Å². The maximum Gasteiger partial charge on any atom is 0.257 e. The van der Waals surface area contributed by atoms with E-state index in [1.165, 1.54) is 11.3 Å². The van der Waals surface area contributed by atoms with E-state index in [1.807, 2.05) is 22.4 Å². The van der Waals surface area contributed by atoms with Gasteiger partial charge in [-0.1, -0.05) is 18.2 Å². The van der Waals surface area contributed by atoms with Crippen molar-refractivity contribution < 1.29 is 9.21 Å². The molecule has 1 aliphatic rings. The third-order valence-corrected chi connectivity index (χ3v) is 5.61. The summed E-state index contributed by atoms with van der Waals surface area (Å²) in [6.07, 6.45) is 0.881. The van der Waals surface area contributed by atoms with Gasteiger partial charge in [0.05, 0.1) is 4.88 Å². The molecule has 3 heterocycles. The van der Waals surface area contributed by atoms with Crippen LogP contribution in [0.1, 0.15) is 17.9 Å². The van der Waals surface area contributed by atoms with E-state index in [-0.39, 0.29) is 5.91 Å². The van der Waals surface area contributed by atoms with Gasteiger partial charge in [-0.05, 0) is 36.1 Å². The summed E-state index contributed by atoms with van der Waals surface area (Å²) in [5.41, 5.74) is 2.49. The molecule has 0 unspecified atom stereocenters. The first kappa shape index (κ1) is 17.7. The van der Waals surface area contributed by atoms with Crippen molar-refractivity contribution in [2.45, 2.75) is 19.8 Å². The smallest absolute Gasteiger partial charge is 0.257 e. The summed E-state index contributed by atoms with van der Waals surface area (Å²) in [6, 6.07) is 12.4. The highest BCUT2D eigenvalue weighted by atomic mass is 32.1. The van der Waals surface area contributed by atoms with Crippen molar-refractivity contribution in [3.8, 4) is 10.8 Å². The molecular formula is C20H22N4O2S. The summed E-state index contributed by atoms with van der Waals surface area (Å²) < 4.78 is 5.66. The molecule has 0 aliphatic carbocycles. The predicted molar refractivity (Wildman–Crippen MR) is 106 cm³/mol. The highest BCUT2D eigenvalue weighted by Gasteiger charge is 2.22. The van der Waals surface area contributed by atoms with Crippen LogP contribution in [0.2, 0.25) is 0 Å². The van der Waals surface area contributed by atoms with Crippen LogP contribution in [0, 0.1) is 6.92 Å². The van der Waals surface area contributed by atoms with Crippen LogP contribution in [0.3, 0.4) is 0 Å². The Morgan fingerprint density at radius 3 is 2.74 bits per heavy atom. The van der Waals surface area contributed by atoms with E-state index in [2.05, 4.69) is 46.3 Å². The normalized spacial score (nSPS) is 14.6. The van der Waals surface area contributed by atoms with Crippen LogP contribution in [0.5, 0.6) is 0 Å². The molecule has 0 bridgehead atoms. The number of nitrogens with zero attached hydrogens (tertiary/aromatic N) is 4. The molecule has 1 saturated heterocycles. The summed E-state index contributed by atoms with van der Waals surface area (Å²) in [6.45, 7) is 5.31. The Morgan fingerprint density at radius 1 is 1.15 bits per heavy atom. The van der Waals surface area contributed by atoms with Crippen molar-refractivity contribution in [3.63, 3.8) is 0 Å². The molecule has 2 aromatic heterocycles. The number of aromatic nitrogens is 2. The molecule has 1 aliphatic heterocycles. The Hall–Kier alpha value is -2.67. The first-order chi connectivity index (χ1) is 13.2. The van der Waals surface area contributed by atoms with Gasteiger partial charge in [0, 0.05) is 44.7 Å². The van der Waals surface area contributed by atoms with Gasteiger partial charge in [-0.2, -0.15) is 0 Å². The maximum absolute atomic E-state index is 12.5. The molecule has 7 heteroatoms. The number of benzene rings is 1. The van der Waals surface area contributed by atoms with Gasteiger partial charge in [-0.15, -0.1) is 21.5 Å². The average molecular weight is 382 g/mol. The third kappa shape index (κ3) is 4.19. The first-order valence-corrected chi connectivity index (χ1v) is 10.0. The molecule has 0 saturated carbocycles. The Morgan fingerprint density at radius 2 is 2.00 bits per heavy atom. The lowest BCUT2D eigenvalue weighted by Crippen LogP contribution is -2.48. The minimum atomic E-state index is 0.148. The largest absolute Gasteiger partial charge is 0.420 e. The zero-order valence-electron chi connectivity index (χ0n) is 15.3. The molecule has 1 fully saturated rings. The van der Waals surface area contributed by atoms with E-state index in [4.69, 9.17) is 4.42 Å². The predicted octanol–water partition coefficient (Wildman–Crippen LogP) is 3.39. The second-order valence-electron chi connectivity index (χ2n) is 6.69. The number of carbonyl (C=O) groups is 1. The van der Waals surface area contributed by atoms with Crippen molar-refractivity contribution in [1.82, 2.24) is 15.1 Å². The van der Waals surface area contributed by atoms with Crippen LogP contribution >= 0.6 is 11.3 Å². The van der Waals surface area contributed by atoms with Gasteiger partial charge in [0.1, 0.15) is 0 Å². The van der Waals surface area contributed by atoms with Gasteiger partial charge in [-0.3, -0.25) is 4.79 Å². The van der Waals surface area contributed by atoms with Gasteiger partial charge in [-0.25, -0.2) is 0 Å². The number of carbonyl (C=O) groups excluding carboxylic acids is 1. The Kier molecular flexibility index (Phi) is 5.20. The van der Waals surface area contributed by atoms with Crippen molar-refractivity contribution in [1.29, 1.82) is 0 Å². The van der Waals surface area contributed by atoms with Gasteiger partial charge >= 0.3 is 0 Å². The summed E-state index contributed by atoms with van der Waals surface area (Å²) in [4.78, 5) is 17.7. The van der Waals surface area contributed by atoms with Crippen LogP contribution in [0.15, 0.2) is 46.2 Å². The van der Waals surface area contributed by atoms with E-state index < -0.39 is 0 Å². The van der Waals surface area contributed by atoms with Crippen LogP contribution < -0.4 is 4.90 Å². The fraction of sp³-hybridized carbons (Fsp3) is 0.350. The lowest BCUT2D eigenvalue weighted by molar-refractivity contribution is -0.131. The van der Waals surface area contributed by atoms with Gasteiger partial charge in [0.15, 0.2) is 0 Å². The zero-order valence-corrected chi connectivity index (χ0v) is 16.1. The fourth-order valence-corrected chi connectivity index (χ4v) is 3.91. The zero-order chi connectivity index (χ0) is 18.6. The summed E-state index contributed by atoms with van der Waals surface area (Å²) in [7, 11) is 0. The first-order valence-electron chi connectivity index (χ1n) is 9.15. The SMILES string of the molecule is Cc1cccc(N2CCN(C(=O)CCc3nnc(-c4cccs4)o3)CC2)c1. The third-order valence-electron chi connectivity index (χ3n) is 4.75. The lowest BCUT2D eigenvalue weighted by Gasteiger charge is -2.36. The molecule has 6 nitrogen and oxygen atoms in total. The highest BCUT2D eigenvalue weighted by molar-refractivity contribution is 7.13. The van der Waals surface area contributed by atoms with Crippen LogP contribution in [-0.2, 0) is 11.2 Å². The van der Waals surface area contributed by atoms with Gasteiger partial charge < -0.3 is 14.2 Å². The highest BCUT2D eigenvalue weighted by Crippen LogP contribution is 2.23. The fourth-order valence-electron chi connectivity index (χ4n) is 3.27. The van der Waals surface area contributed by atoms with Gasteiger partial charge in [0.25, 0.3) is 5.89 Å². The van der Waals surface area contributed by atoms with Crippen LogP contribution in [0.4, 0.5) is 5.69 Å². The van der Waals surface area contributed by atoms with Crippen molar-refractivity contribution in [2.24, 2.45) is 0 Å². The quantitative estimate of drug-likeness (QED) is 0.677. The lowest BCUT2D eigenvalue weighted by atomic mass is 10.2. The number of hydrogen-bond acceptors (Lipinski definition) is 6. The van der Waals surface area contributed by atoms with Crippen molar-refractivity contribution in [2.75, 3.05) is 31.1 Å². The second kappa shape index (κ2) is 7.92. The standard InChI is InChI=1S/C20H22N4O2S/c1-15-4-2-5-16(14-15)23-9-11-24(12-10-23)19(25)8-7-18-21-22-20(26-18)17-6-3-13-27-17/h2-6,13-14H,7-12H2,1H3. The Labute approximate surface area is 162 Å². The minimum Gasteiger partial charge on any atom is -0.420 e. The molecule has 27 heavy (non-hydrogen) atoms. The maximum atomic E-state index is 12.5. The number of rotatable bonds is 5. The molecule has 0 N–H and O–H groups in total.